The van der Waals surface area contributed by atoms with Crippen LogP contribution < -0.4 is 5.30 Å². The molecule has 0 bridgehead atoms. The highest BCUT2D eigenvalue weighted by atomic mass is 31.1. The van der Waals surface area contributed by atoms with Gasteiger partial charge in [0.1, 0.15) is 6.61 Å². The first-order chi connectivity index (χ1) is 6.95. The lowest BCUT2D eigenvalue weighted by atomic mass is 9.87. The molecule has 0 spiro atoms. The molecule has 0 heterocycles. The zero-order valence-electron chi connectivity index (χ0n) is 9.78. The first-order valence-corrected chi connectivity index (χ1v) is 6.33. The largest absolute Gasteiger partial charge is 0.548 e. The predicted molar refractivity (Wildman–Crippen MR) is 64.0 cm³/mol. The number of hydrogen-bond donors (Lipinski definition) is 0. The summed E-state index contributed by atoms with van der Waals surface area (Å²) in [5, 5.41) is 0.764. The minimum atomic E-state index is -1.67. The molecular weight excluding hydrogens is 207 g/mol. The third-order valence-corrected chi connectivity index (χ3v) is 3.40. The van der Waals surface area contributed by atoms with Crippen molar-refractivity contribution in [3.8, 4) is 0 Å². The van der Waals surface area contributed by atoms with Gasteiger partial charge in [0.15, 0.2) is 0 Å². The minimum absolute atomic E-state index is 0.135. The van der Waals surface area contributed by atoms with Crippen molar-refractivity contribution >= 4 is 13.3 Å². The fraction of sp³-hybridized carbons (Fsp3) is 0.500. The van der Waals surface area contributed by atoms with Crippen molar-refractivity contribution in [1.29, 1.82) is 0 Å². The van der Waals surface area contributed by atoms with E-state index < -0.39 is 8.03 Å². The summed E-state index contributed by atoms with van der Waals surface area (Å²) in [6.45, 7) is 8.80. The van der Waals surface area contributed by atoms with Crippen LogP contribution in [-0.2, 0) is 14.5 Å². The van der Waals surface area contributed by atoms with Gasteiger partial charge in [-0.1, -0.05) is 32.9 Å². The summed E-state index contributed by atoms with van der Waals surface area (Å²) in [5.41, 5.74) is 1.38. The van der Waals surface area contributed by atoms with E-state index in [1.807, 2.05) is 31.2 Å². The molecule has 0 aromatic heterocycles. The zero-order valence-corrected chi connectivity index (χ0v) is 10.7. The highest BCUT2D eigenvalue weighted by molar-refractivity contribution is 7.48. The van der Waals surface area contributed by atoms with Gasteiger partial charge < -0.3 is 0 Å². The molecule has 2 nitrogen and oxygen atoms in total. The van der Waals surface area contributed by atoms with Gasteiger partial charge in [-0.2, -0.15) is 0 Å². The van der Waals surface area contributed by atoms with Gasteiger partial charge >= 0.3 is 8.03 Å². The fourth-order valence-corrected chi connectivity index (χ4v) is 2.05. The number of benzene rings is 1. The van der Waals surface area contributed by atoms with Crippen molar-refractivity contribution in [3.05, 3.63) is 29.8 Å². The van der Waals surface area contributed by atoms with Crippen LogP contribution in [-0.4, -0.2) is 6.61 Å². The second kappa shape index (κ2) is 4.87. The van der Waals surface area contributed by atoms with E-state index in [9.17, 15) is 4.57 Å². The molecule has 0 aliphatic heterocycles. The summed E-state index contributed by atoms with van der Waals surface area (Å²) >= 11 is 0. The van der Waals surface area contributed by atoms with Gasteiger partial charge in [0.05, 0.1) is 0 Å². The summed E-state index contributed by atoms with van der Waals surface area (Å²) in [4.78, 5) is 0. The van der Waals surface area contributed by atoms with Crippen molar-refractivity contribution in [2.45, 2.75) is 33.1 Å². The zero-order chi connectivity index (χ0) is 11.5. The lowest BCUT2D eigenvalue weighted by molar-refractivity contribution is 0.357. The SMILES string of the molecule is CCO[P+](=O)c1ccc(C(C)(C)C)cc1. The van der Waals surface area contributed by atoms with E-state index in [0.717, 1.165) is 5.30 Å². The Morgan fingerprint density at radius 2 is 1.73 bits per heavy atom. The van der Waals surface area contributed by atoms with E-state index in [1.54, 1.807) is 0 Å². The van der Waals surface area contributed by atoms with E-state index in [1.165, 1.54) is 5.56 Å². The molecule has 0 radical (unpaired) electrons. The van der Waals surface area contributed by atoms with Gasteiger partial charge in [0.25, 0.3) is 0 Å². The monoisotopic (exact) mass is 225 g/mol. The Labute approximate surface area is 92.5 Å². The van der Waals surface area contributed by atoms with Crippen molar-refractivity contribution in [1.82, 2.24) is 0 Å². The summed E-state index contributed by atoms with van der Waals surface area (Å²) in [6, 6.07) is 7.80. The van der Waals surface area contributed by atoms with E-state index in [2.05, 4.69) is 20.8 Å². The molecular formula is C12H18O2P+. The van der Waals surface area contributed by atoms with E-state index in [4.69, 9.17) is 4.52 Å². The fourth-order valence-electron chi connectivity index (χ4n) is 1.27. The molecule has 3 heteroatoms. The molecule has 0 amide bonds. The molecule has 1 unspecified atom stereocenters. The average Bonchev–Trinajstić information content (AvgIpc) is 2.17. The van der Waals surface area contributed by atoms with Crippen molar-refractivity contribution in [2.24, 2.45) is 0 Å². The molecule has 0 saturated heterocycles. The molecule has 0 N–H and O–H groups in total. The Balaban J connectivity index is 2.86. The molecule has 15 heavy (non-hydrogen) atoms. The van der Waals surface area contributed by atoms with E-state index >= 15 is 0 Å². The highest BCUT2D eigenvalue weighted by Crippen LogP contribution is 2.25. The summed E-state index contributed by atoms with van der Waals surface area (Å²) in [7, 11) is -1.67. The van der Waals surface area contributed by atoms with Crippen LogP contribution in [0.2, 0.25) is 0 Å². The molecule has 0 saturated carbocycles. The lowest BCUT2D eigenvalue weighted by Crippen LogP contribution is -2.12. The van der Waals surface area contributed by atoms with Crippen LogP contribution >= 0.6 is 8.03 Å². The third kappa shape index (κ3) is 3.40. The first kappa shape index (κ1) is 12.4. The second-order valence-electron chi connectivity index (χ2n) is 4.47. The van der Waals surface area contributed by atoms with Gasteiger partial charge in [-0.3, -0.25) is 0 Å². The summed E-state index contributed by atoms with van der Waals surface area (Å²) in [5.74, 6) is 0. The van der Waals surface area contributed by atoms with Gasteiger partial charge in [0, 0.05) is 0 Å². The molecule has 1 aromatic carbocycles. The maximum absolute atomic E-state index is 11.5. The van der Waals surface area contributed by atoms with Crippen LogP contribution in [0.5, 0.6) is 0 Å². The third-order valence-electron chi connectivity index (χ3n) is 2.19. The van der Waals surface area contributed by atoms with Crippen molar-refractivity contribution < 1.29 is 9.09 Å². The highest BCUT2D eigenvalue weighted by Gasteiger charge is 2.22. The maximum atomic E-state index is 11.5. The quantitative estimate of drug-likeness (QED) is 0.737. The van der Waals surface area contributed by atoms with E-state index in [-0.39, 0.29) is 5.41 Å². The second-order valence-corrected chi connectivity index (χ2v) is 5.76. The first-order valence-electron chi connectivity index (χ1n) is 5.16. The van der Waals surface area contributed by atoms with E-state index in [0.29, 0.717) is 6.61 Å². The summed E-state index contributed by atoms with van der Waals surface area (Å²) in [6.07, 6.45) is 0. The normalized spacial score (nSPS) is 12.7. The van der Waals surface area contributed by atoms with Crippen LogP contribution in [0.3, 0.4) is 0 Å². The van der Waals surface area contributed by atoms with Crippen molar-refractivity contribution in [2.75, 3.05) is 6.61 Å². The Morgan fingerprint density at radius 3 is 2.13 bits per heavy atom. The van der Waals surface area contributed by atoms with Crippen LogP contribution in [0.4, 0.5) is 0 Å². The lowest BCUT2D eigenvalue weighted by Gasteiger charge is -2.18. The van der Waals surface area contributed by atoms with Gasteiger partial charge in [-0.25, -0.2) is 0 Å². The topological polar surface area (TPSA) is 26.3 Å². The number of rotatable bonds is 3. The van der Waals surface area contributed by atoms with Gasteiger partial charge in [-0.15, -0.1) is 4.52 Å². The van der Waals surface area contributed by atoms with Crippen LogP contribution in [0.15, 0.2) is 24.3 Å². The molecule has 1 atom stereocenters. The van der Waals surface area contributed by atoms with Gasteiger partial charge in [0.2, 0.25) is 5.30 Å². The van der Waals surface area contributed by atoms with Crippen molar-refractivity contribution in [3.63, 3.8) is 0 Å². The Bertz CT molecular complexity index is 336. The van der Waals surface area contributed by atoms with Crippen LogP contribution in [0.1, 0.15) is 33.3 Å². The predicted octanol–water partition coefficient (Wildman–Crippen LogP) is 3.39. The van der Waals surface area contributed by atoms with Crippen LogP contribution in [0, 0.1) is 0 Å². The molecule has 0 fully saturated rings. The van der Waals surface area contributed by atoms with Gasteiger partial charge in [-0.05, 0) is 34.6 Å². The maximum Gasteiger partial charge on any atom is 0.548 e. The molecule has 0 aliphatic carbocycles. The summed E-state index contributed by atoms with van der Waals surface area (Å²) < 4.78 is 16.6. The Hall–Kier alpha value is -0.720. The average molecular weight is 225 g/mol. The smallest absolute Gasteiger partial charge is 0.142 e. The molecule has 0 aliphatic rings. The Kier molecular flexibility index (Phi) is 4.01. The molecule has 82 valence electrons. The number of hydrogen-bond acceptors (Lipinski definition) is 2. The van der Waals surface area contributed by atoms with Crippen LogP contribution in [0.25, 0.3) is 0 Å². The molecule has 1 aromatic rings. The molecule has 1 rings (SSSR count). The standard InChI is InChI=1S/C12H18O2P/c1-5-14-15(13)11-8-6-10(7-9-11)12(2,3)4/h6-9H,5H2,1-4H3/q+1. The Morgan fingerprint density at radius 1 is 1.20 bits per heavy atom. The minimum Gasteiger partial charge on any atom is -0.142 e.